The molecule has 16 heavy (non-hydrogen) atoms. The Hall–Kier alpha value is -1.91. The maximum Gasteiger partial charge on any atom is 0.333 e. The molecule has 86 valence electrons. The maximum absolute atomic E-state index is 11.2. The molecule has 0 bridgehead atoms. The predicted molar refractivity (Wildman–Crippen MR) is 55.8 cm³/mol. The van der Waals surface area contributed by atoms with Crippen LogP contribution in [0.4, 0.5) is 0 Å². The van der Waals surface area contributed by atoms with Crippen LogP contribution in [0.3, 0.4) is 0 Å². The maximum atomic E-state index is 11.2. The molecule has 0 aromatic carbocycles. The van der Waals surface area contributed by atoms with Crippen molar-refractivity contribution < 1.29 is 19.2 Å². The van der Waals surface area contributed by atoms with E-state index in [1.807, 2.05) is 0 Å². The van der Waals surface area contributed by atoms with Gasteiger partial charge < -0.3 is 4.84 Å². The van der Waals surface area contributed by atoms with Gasteiger partial charge in [0.2, 0.25) is 0 Å². The molecule has 5 heteroatoms. The Morgan fingerprint density at radius 3 is 2.56 bits per heavy atom. The monoisotopic (exact) mass is 223 g/mol. The Morgan fingerprint density at radius 1 is 1.38 bits per heavy atom. The van der Waals surface area contributed by atoms with E-state index in [4.69, 9.17) is 0 Å². The van der Waals surface area contributed by atoms with Crippen LogP contribution in [-0.4, -0.2) is 22.8 Å². The molecule has 0 N–H and O–H groups in total. The molecule has 1 aliphatic rings. The fourth-order valence-corrected chi connectivity index (χ4v) is 1.20. The van der Waals surface area contributed by atoms with E-state index in [0.717, 1.165) is 0 Å². The van der Waals surface area contributed by atoms with Crippen LogP contribution >= 0.6 is 0 Å². The van der Waals surface area contributed by atoms with Gasteiger partial charge >= 0.3 is 5.97 Å². The molecule has 1 rings (SSSR count). The molecule has 2 amide bonds. The van der Waals surface area contributed by atoms with Crippen molar-refractivity contribution in [3.63, 3.8) is 0 Å². The van der Waals surface area contributed by atoms with Gasteiger partial charge in [-0.05, 0) is 6.42 Å². The number of allylic oxidation sites excluding steroid dienone is 3. The van der Waals surface area contributed by atoms with Crippen molar-refractivity contribution in [2.45, 2.75) is 25.7 Å². The Balaban J connectivity index is 2.33. The number of carbonyl (C=O) groups excluding carboxylic acids is 3. The summed E-state index contributed by atoms with van der Waals surface area (Å²) in [7, 11) is 0. The molecule has 0 aromatic rings. The molecule has 1 fully saturated rings. The topological polar surface area (TPSA) is 63.7 Å². The van der Waals surface area contributed by atoms with Gasteiger partial charge in [0.15, 0.2) is 0 Å². The average molecular weight is 223 g/mol. The SMILES string of the molecule is C=C/C=C/CCC(=O)ON1C(=O)CCC1=O. The van der Waals surface area contributed by atoms with E-state index in [1.54, 1.807) is 18.2 Å². The first-order valence-electron chi connectivity index (χ1n) is 4.99. The van der Waals surface area contributed by atoms with Crippen molar-refractivity contribution in [3.8, 4) is 0 Å². The predicted octanol–water partition coefficient (Wildman–Crippen LogP) is 1.12. The molecular weight excluding hydrogens is 210 g/mol. The largest absolute Gasteiger partial charge is 0.333 e. The standard InChI is InChI=1S/C11H13NO4/c1-2-3-4-5-6-11(15)16-12-9(13)7-8-10(12)14/h2-4H,1,5-8H2/b4-3+. The first kappa shape index (κ1) is 12.2. The number of hydroxylamine groups is 2. The third-order valence-corrected chi connectivity index (χ3v) is 1.99. The lowest BCUT2D eigenvalue weighted by molar-refractivity contribution is -0.197. The van der Waals surface area contributed by atoms with E-state index in [9.17, 15) is 14.4 Å². The van der Waals surface area contributed by atoms with Gasteiger partial charge in [-0.1, -0.05) is 24.8 Å². The Labute approximate surface area is 93.3 Å². The quantitative estimate of drug-likeness (QED) is 0.517. The first-order valence-corrected chi connectivity index (χ1v) is 4.99. The minimum absolute atomic E-state index is 0.114. The number of hydrogen-bond acceptors (Lipinski definition) is 4. The van der Waals surface area contributed by atoms with E-state index in [1.165, 1.54) is 0 Å². The second-order valence-electron chi connectivity index (χ2n) is 3.25. The Morgan fingerprint density at radius 2 is 2.00 bits per heavy atom. The Kier molecular flexibility index (Phi) is 4.44. The zero-order valence-corrected chi connectivity index (χ0v) is 8.85. The molecule has 0 aromatic heterocycles. The lowest BCUT2D eigenvalue weighted by Gasteiger charge is -2.11. The van der Waals surface area contributed by atoms with Crippen LogP contribution < -0.4 is 0 Å². The van der Waals surface area contributed by atoms with Gasteiger partial charge in [0.1, 0.15) is 0 Å². The molecule has 1 saturated heterocycles. The van der Waals surface area contributed by atoms with Gasteiger partial charge in [-0.2, -0.15) is 0 Å². The average Bonchev–Trinajstić information content (AvgIpc) is 2.56. The fourth-order valence-electron chi connectivity index (χ4n) is 1.20. The zero-order valence-electron chi connectivity index (χ0n) is 8.85. The number of carbonyl (C=O) groups is 3. The summed E-state index contributed by atoms with van der Waals surface area (Å²) in [6.45, 7) is 3.48. The van der Waals surface area contributed by atoms with Crippen molar-refractivity contribution in [2.75, 3.05) is 0 Å². The number of rotatable bonds is 5. The van der Waals surface area contributed by atoms with Gasteiger partial charge in [0.05, 0.1) is 6.42 Å². The molecule has 0 atom stereocenters. The van der Waals surface area contributed by atoms with Gasteiger partial charge in [0.25, 0.3) is 11.8 Å². The smallest absolute Gasteiger partial charge is 0.330 e. The van der Waals surface area contributed by atoms with E-state index in [0.29, 0.717) is 11.5 Å². The molecule has 0 spiro atoms. The van der Waals surface area contributed by atoms with Crippen molar-refractivity contribution in [3.05, 3.63) is 24.8 Å². The Bertz CT molecular complexity index is 330. The summed E-state index contributed by atoms with van der Waals surface area (Å²) in [5, 5.41) is 0.555. The number of imide groups is 1. The first-order chi connectivity index (χ1) is 7.65. The summed E-state index contributed by atoms with van der Waals surface area (Å²) in [5.41, 5.74) is 0. The van der Waals surface area contributed by atoms with Crippen molar-refractivity contribution in [2.24, 2.45) is 0 Å². The van der Waals surface area contributed by atoms with Gasteiger partial charge in [0, 0.05) is 12.8 Å². The van der Waals surface area contributed by atoms with E-state index >= 15 is 0 Å². The highest BCUT2D eigenvalue weighted by molar-refractivity contribution is 6.01. The third kappa shape index (κ3) is 3.34. The van der Waals surface area contributed by atoms with E-state index in [2.05, 4.69) is 11.4 Å². The summed E-state index contributed by atoms with van der Waals surface area (Å²) in [6, 6.07) is 0. The summed E-state index contributed by atoms with van der Waals surface area (Å²) >= 11 is 0. The minimum atomic E-state index is -0.586. The number of nitrogens with zero attached hydrogens (tertiary/aromatic N) is 1. The van der Waals surface area contributed by atoms with Gasteiger partial charge in [-0.3, -0.25) is 9.59 Å². The van der Waals surface area contributed by atoms with Crippen LogP contribution in [0.5, 0.6) is 0 Å². The van der Waals surface area contributed by atoms with Crippen molar-refractivity contribution in [1.29, 1.82) is 0 Å². The summed E-state index contributed by atoms with van der Waals surface area (Å²) in [5.74, 6) is -1.50. The second-order valence-corrected chi connectivity index (χ2v) is 3.25. The van der Waals surface area contributed by atoms with E-state index < -0.39 is 17.8 Å². The number of amides is 2. The summed E-state index contributed by atoms with van der Waals surface area (Å²) in [6.07, 6.45) is 5.90. The fraction of sp³-hybridized carbons (Fsp3) is 0.364. The molecule has 0 saturated carbocycles. The highest BCUT2D eigenvalue weighted by Gasteiger charge is 2.32. The second kappa shape index (κ2) is 5.85. The van der Waals surface area contributed by atoms with Crippen LogP contribution in [0.2, 0.25) is 0 Å². The zero-order chi connectivity index (χ0) is 12.0. The minimum Gasteiger partial charge on any atom is -0.330 e. The highest BCUT2D eigenvalue weighted by Crippen LogP contribution is 2.12. The molecule has 0 unspecified atom stereocenters. The van der Waals surface area contributed by atoms with Crippen LogP contribution in [0.25, 0.3) is 0 Å². The van der Waals surface area contributed by atoms with Gasteiger partial charge in [-0.15, -0.1) is 5.06 Å². The normalized spacial score (nSPS) is 15.9. The molecule has 0 radical (unpaired) electrons. The molecular formula is C11H13NO4. The molecule has 1 heterocycles. The third-order valence-electron chi connectivity index (χ3n) is 1.99. The molecule has 1 aliphatic heterocycles. The lowest BCUT2D eigenvalue weighted by Crippen LogP contribution is -2.31. The summed E-state index contributed by atoms with van der Waals surface area (Å²) in [4.78, 5) is 38.1. The van der Waals surface area contributed by atoms with Crippen LogP contribution in [0.15, 0.2) is 24.8 Å². The van der Waals surface area contributed by atoms with Crippen LogP contribution in [0, 0.1) is 0 Å². The molecule has 5 nitrogen and oxygen atoms in total. The summed E-state index contributed by atoms with van der Waals surface area (Å²) < 4.78 is 0. The molecule has 0 aliphatic carbocycles. The van der Waals surface area contributed by atoms with Crippen LogP contribution in [0.1, 0.15) is 25.7 Å². The number of hydrogen-bond donors (Lipinski definition) is 0. The van der Waals surface area contributed by atoms with Crippen LogP contribution in [-0.2, 0) is 19.2 Å². The highest BCUT2D eigenvalue weighted by atomic mass is 16.7. The lowest BCUT2D eigenvalue weighted by atomic mass is 10.3. The van der Waals surface area contributed by atoms with E-state index in [-0.39, 0.29) is 19.3 Å². The van der Waals surface area contributed by atoms with Crippen molar-refractivity contribution >= 4 is 17.8 Å². The van der Waals surface area contributed by atoms with Crippen molar-refractivity contribution in [1.82, 2.24) is 5.06 Å². The van der Waals surface area contributed by atoms with Gasteiger partial charge in [-0.25, -0.2) is 4.79 Å².